The van der Waals surface area contributed by atoms with Crippen LogP contribution in [0.25, 0.3) is 0 Å². The van der Waals surface area contributed by atoms with Crippen molar-refractivity contribution in [2.24, 2.45) is 5.73 Å². The summed E-state index contributed by atoms with van der Waals surface area (Å²) in [7, 11) is 0. The van der Waals surface area contributed by atoms with E-state index in [1.54, 1.807) is 6.92 Å². The lowest BCUT2D eigenvalue weighted by atomic mass is 10.2. The molecule has 1 rings (SSSR count). The van der Waals surface area contributed by atoms with Gasteiger partial charge >= 0.3 is 0 Å². The van der Waals surface area contributed by atoms with Crippen LogP contribution in [0.5, 0.6) is 0 Å². The van der Waals surface area contributed by atoms with E-state index in [4.69, 9.17) is 10.5 Å². The van der Waals surface area contributed by atoms with Crippen LogP contribution in [-0.2, 0) is 4.74 Å². The largest absolute Gasteiger partial charge is 0.391 e. The van der Waals surface area contributed by atoms with Gasteiger partial charge in [-0.15, -0.1) is 0 Å². The average molecular weight is 173 g/mol. The molecule has 0 aromatic heterocycles. The number of rotatable bonds is 3. The molecule has 0 aliphatic heterocycles. The van der Waals surface area contributed by atoms with Crippen LogP contribution < -0.4 is 5.73 Å². The Morgan fingerprint density at radius 3 is 2.50 bits per heavy atom. The number of hydrogen-bond donors (Lipinski definition) is 2. The summed E-state index contributed by atoms with van der Waals surface area (Å²) >= 11 is 0. The molecule has 0 heterocycles. The van der Waals surface area contributed by atoms with E-state index in [0.717, 1.165) is 19.3 Å². The second-order valence-electron chi connectivity index (χ2n) is 3.78. The van der Waals surface area contributed by atoms with Gasteiger partial charge in [0.2, 0.25) is 0 Å². The quantitative estimate of drug-likeness (QED) is 0.659. The molecule has 0 bridgehead atoms. The highest BCUT2D eigenvalue weighted by atomic mass is 16.5. The van der Waals surface area contributed by atoms with Gasteiger partial charge in [0.25, 0.3) is 0 Å². The zero-order chi connectivity index (χ0) is 9.14. The molecule has 72 valence electrons. The van der Waals surface area contributed by atoms with Crippen molar-refractivity contribution in [3.05, 3.63) is 0 Å². The van der Waals surface area contributed by atoms with Gasteiger partial charge in [-0.25, -0.2) is 0 Å². The summed E-state index contributed by atoms with van der Waals surface area (Å²) < 4.78 is 5.61. The Bertz CT molecular complexity index is 138. The fourth-order valence-corrected chi connectivity index (χ4v) is 1.51. The molecule has 1 fully saturated rings. The first-order chi connectivity index (χ1) is 5.59. The SMILES string of the molecule is CC(O)C(C)OC1CCC(N)C1. The highest BCUT2D eigenvalue weighted by Crippen LogP contribution is 2.22. The summed E-state index contributed by atoms with van der Waals surface area (Å²) in [5, 5.41) is 9.19. The Morgan fingerprint density at radius 2 is 2.08 bits per heavy atom. The van der Waals surface area contributed by atoms with Gasteiger partial charge < -0.3 is 15.6 Å². The summed E-state index contributed by atoms with van der Waals surface area (Å²) in [5.41, 5.74) is 5.73. The topological polar surface area (TPSA) is 55.5 Å². The zero-order valence-electron chi connectivity index (χ0n) is 7.86. The lowest BCUT2D eigenvalue weighted by molar-refractivity contribution is -0.0584. The van der Waals surface area contributed by atoms with Crippen LogP contribution >= 0.6 is 0 Å². The number of aliphatic hydroxyl groups is 1. The number of ether oxygens (including phenoxy) is 1. The van der Waals surface area contributed by atoms with Crippen molar-refractivity contribution < 1.29 is 9.84 Å². The lowest BCUT2D eigenvalue weighted by Crippen LogP contribution is -2.28. The maximum Gasteiger partial charge on any atom is 0.0806 e. The van der Waals surface area contributed by atoms with Crippen LogP contribution in [0.1, 0.15) is 33.1 Å². The Morgan fingerprint density at radius 1 is 1.42 bits per heavy atom. The third-order valence-corrected chi connectivity index (χ3v) is 2.51. The summed E-state index contributed by atoms with van der Waals surface area (Å²) in [6.07, 6.45) is 2.85. The van der Waals surface area contributed by atoms with Crippen LogP contribution in [0, 0.1) is 0 Å². The molecular formula is C9H19NO2. The molecule has 1 saturated carbocycles. The van der Waals surface area contributed by atoms with Gasteiger partial charge in [-0.05, 0) is 33.1 Å². The molecule has 0 aromatic rings. The molecule has 3 N–H and O–H groups in total. The second-order valence-corrected chi connectivity index (χ2v) is 3.78. The first-order valence-corrected chi connectivity index (χ1v) is 4.68. The van der Waals surface area contributed by atoms with Crippen molar-refractivity contribution in [3.8, 4) is 0 Å². The summed E-state index contributed by atoms with van der Waals surface area (Å²) in [5.74, 6) is 0. The van der Waals surface area contributed by atoms with E-state index in [1.807, 2.05) is 6.92 Å². The van der Waals surface area contributed by atoms with E-state index in [1.165, 1.54) is 0 Å². The molecule has 1 aliphatic rings. The normalized spacial score (nSPS) is 35.0. The Kier molecular flexibility index (Phi) is 3.50. The minimum Gasteiger partial charge on any atom is -0.391 e. The monoisotopic (exact) mass is 173 g/mol. The van der Waals surface area contributed by atoms with E-state index in [-0.39, 0.29) is 18.3 Å². The van der Waals surface area contributed by atoms with Crippen LogP contribution in [-0.4, -0.2) is 29.5 Å². The van der Waals surface area contributed by atoms with Crippen LogP contribution in [0.3, 0.4) is 0 Å². The lowest BCUT2D eigenvalue weighted by Gasteiger charge is -2.20. The van der Waals surface area contributed by atoms with Gasteiger partial charge in [0, 0.05) is 6.04 Å². The third kappa shape index (κ3) is 2.73. The van der Waals surface area contributed by atoms with Crippen molar-refractivity contribution in [2.75, 3.05) is 0 Å². The summed E-state index contributed by atoms with van der Waals surface area (Å²) in [4.78, 5) is 0. The van der Waals surface area contributed by atoms with Gasteiger partial charge in [-0.3, -0.25) is 0 Å². The predicted molar refractivity (Wildman–Crippen MR) is 47.8 cm³/mol. The minimum atomic E-state index is -0.387. The molecule has 3 heteroatoms. The number of hydrogen-bond acceptors (Lipinski definition) is 3. The van der Waals surface area contributed by atoms with Crippen LogP contribution in [0.15, 0.2) is 0 Å². The molecule has 0 aromatic carbocycles. The van der Waals surface area contributed by atoms with Gasteiger partial charge in [0.15, 0.2) is 0 Å². The van der Waals surface area contributed by atoms with Gasteiger partial charge in [-0.1, -0.05) is 0 Å². The summed E-state index contributed by atoms with van der Waals surface area (Å²) in [6, 6.07) is 0.302. The molecule has 0 radical (unpaired) electrons. The highest BCUT2D eigenvalue weighted by molar-refractivity contribution is 4.79. The number of nitrogens with two attached hydrogens (primary N) is 1. The first kappa shape index (κ1) is 9.96. The maximum absolute atomic E-state index is 9.19. The van der Waals surface area contributed by atoms with E-state index in [9.17, 15) is 5.11 Å². The van der Waals surface area contributed by atoms with Crippen LogP contribution in [0.2, 0.25) is 0 Å². The van der Waals surface area contributed by atoms with E-state index in [2.05, 4.69) is 0 Å². The summed E-state index contributed by atoms with van der Waals surface area (Å²) in [6.45, 7) is 3.65. The van der Waals surface area contributed by atoms with Crippen molar-refractivity contribution in [3.63, 3.8) is 0 Å². The molecular weight excluding hydrogens is 154 g/mol. The average Bonchev–Trinajstić information content (AvgIpc) is 2.35. The van der Waals surface area contributed by atoms with Crippen molar-refractivity contribution in [1.29, 1.82) is 0 Å². The smallest absolute Gasteiger partial charge is 0.0806 e. The minimum absolute atomic E-state index is 0.0692. The Labute approximate surface area is 73.9 Å². The highest BCUT2D eigenvalue weighted by Gasteiger charge is 2.24. The molecule has 4 atom stereocenters. The van der Waals surface area contributed by atoms with Gasteiger partial charge in [0.05, 0.1) is 18.3 Å². The van der Waals surface area contributed by atoms with Crippen molar-refractivity contribution >= 4 is 0 Å². The maximum atomic E-state index is 9.19. The number of aliphatic hydroxyl groups excluding tert-OH is 1. The standard InChI is InChI=1S/C9H19NO2/c1-6(11)7(2)12-9-4-3-8(10)5-9/h6-9,11H,3-5,10H2,1-2H3. The Balaban J connectivity index is 2.23. The zero-order valence-corrected chi connectivity index (χ0v) is 7.86. The van der Waals surface area contributed by atoms with E-state index in [0.29, 0.717) is 6.04 Å². The van der Waals surface area contributed by atoms with Gasteiger partial charge in [-0.2, -0.15) is 0 Å². The second kappa shape index (κ2) is 4.21. The fourth-order valence-electron chi connectivity index (χ4n) is 1.51. The van der Waals surface area contributed by atoms with Crippen LogP contribution in [0.4, 0.5) is 0 Å². The van der Waals surface area contributed by atoms with Crippen molar-refractivity contribution in [2.45, 2.75) is 57.5 Å². The molecule has 0 spiro atoms. The van der Waals surface area contributed by atoms with Crippen molar-refractivity contribution in [1.82, 2.24) is 0 Å². The molecule has 0 amide bonds. The molecule has 4 unspecified atom stereocenters. The molecule has 1 aliphatic carbocycles. The first-order valence-electron chi connectivity index (χ1n) is 4.68. The predicted octanol–water partition coefficient (Wildman–Crippen LogP) is 0.652. The molecule has 3 nitrogen and oxygen atoms in total. The van der Waals surface area contributed by atoms with E-state index >= 15 is 0 Å². The Hall–Kier alpha value is -0.120. The molecule has 12 heavy (non-hydrogen) atoms. The molecule has 0 saturated heterocycles. The van der Waals surface area contributed by atoms with E-state index < -0.39 is 0 Å². The fraction of sp³-hybridized carbons (Fsp3) is 1.00. The van der Waals surface area contributed by atoms with Gasteiger partial charge in [0.1, 0.15) is 0 Å². The third-order valence-electron chi connectivity index (χ3n) is 2.51.